The standard InChI is InChI=1S/C19H16O.2C4H9.Mg/c20-19(16-10-4-1-5-11-16,17-12-6-2-7-13-17)18-14-8-3-9-15-18;2*1-3-4-2;/h1-15,20H;2*1,3-4H2,2H3;/q;2*-1;+2. The molecule has 0 aliphatic carbocycles. The molecule has 3 aromatic carbocycles. The molecule has 29 heavy (non-hydrogen) atoms. The summed E-state index contributed by atoms with van der Waals surface area (Å²) in [6.45, 7) is 11.4. The fourth-order valence-electron chi connectivity index (χ4n) is 2.54. The van der Waals surface area contributed by atoms with E-state index in [1.54, 1.807) is 0 Å². The number of rotatable bonds is 5. The fourth-order valence-corrected chi connectivity index (χ4v) is 2.54. The van der Waals surface area contributed by atoms with Gasteiger partial charge in [-0.15, -0.1) is 0 Å². The second kappa shape index (κ2) is 16.2. The van der Waals surface area contributed by atoms with Gasteiger partial charge in [0.1, 0.15) is 5.60 Å². The second-order valence-electron chi connectivity index (χ2n) is 6.52. The maximum absolute atomic E-state index is 11.4. The number of unbranched alkanes of at least 4 members (excludes halogenated alkanes) is 2. The average molecular weight is 399 g/mol. The van der Waals surface area contributed by atoms with Crippen molar-refractivity contribution in [1.82, 2.24) is 0 Å². The number of benzene rings is 3. The minimum Gasteiger partial charge on any atom is -0.376 e. The van der Waals surface area contributed by atoms with Crippen molar-refractivity contribution in [2.45, 2.75) is 45.1 Å². The summed E-state index contributed by atoms with van der Waals surface area (Å²) in [6.07, 6.45) is 4.56. The summed E-state index contributed by atoms with van der Waals surface area (Å²) in [5.74, 6) is 0. The second-order valence-corrected chi connectivity index (χ2v) is 6.52. The average Bonchev–Trinajstić information content (AvgIpc) is 2.80. The third-order valence-electron chi connectivity index (χ3n) is 4.28. The summed E-state index contributed by atoms with van der Waals surface area (Å²) in [5, 5.41) is 11.4. The van der Waals surface area contributed by atoms with Crippen LogP contribution in [0.15, 0.2) is 91.0 Å². The van der Waals surface area contributed by atoms with Crippen LogP contribution >= 0.6 is 0 Å². The molecule has 3 aromatic rings. The van der Waals surface area contributed by atoms with Crippen molar-refractivity contribution >= 4 is 23.1 Å². The molecule has 1 N–H and O–H groups in total. The molecular formula is C27H34MgO. The molecule has 0 aliphatic heterocycles. The topological polar surface area (TPSA) is 20.2 Å². The zero-order valence-electron chi connectivity index (χ0n) is 18.1. The molecule has 0 radical (unpaired) electrons. The van der Waals surface area contributed by atoms with Crippen LogP contribution in [0.25, 0.3) is 0 Å². The summed E-state index contributed by atoms with van der Waals surface area (Å²) in [4.78, 5) is 0. The maximum Gasteiger partial charge on any atom is 2.00 e. The summed E-state index contributed by atoms with van der Waals surface area (Å²) in [7, 11) is 0. The Morgan fingerprint density at radius 2 is 0.793 bits per heavy atom. The van der Waals surface area contributed by atoms with E-state index in [-0.39, 0.29) is 23.1 Å². The smallest absolute Gasteiger partial charge is 0.376 e. The van der Waals surface area contributed by atoms with Crippen molar-refractivity contribution in [3.63, 3.8) is 0 Å². The van der Waals surface area contributed by atoms with Crippen LogP contribution in [0.4, 0.5) is 0 Å². The zero-order chi connectivity index (χ0) is 20.7. The molecule has 0 bridgehead atoms. The molecule has 0 atom stereocenters. The Hall–Kier alpha value is -1.61. The molecule has 0 amide bonds. The fraction of sp³-hybridized carbons (Fsp3) is 0.259. The Kier molecular flexibility index (Phi) is 15.3. The van der Waals surface area contributed by atoms with Crippen LogP contribution in [0.5, 0.6) is 0 Å². The Bertz CT molecular complexity index is 622. The van der Waals surface area contributed by atoms with Crippen LogP contribution < -0.4 is 0 Å². The molecular weight excluding hydrogens is 365 g/mol. The van der Waals surface area contributed by atoms with Gasteiger partial charge in [-0.05, 0) is 16.7 Å². The summed E-state index contributed by atoms with van der Waals surface area (Å²) < 4.78 is 0. The Morgan fingerprint density at radius 1 is 0.586 bits per heavy atom. The van der Waals surface area contributed by atoms with E-state index in [0.717, 1.165) is 29.5 Å². The number of hydrogen-bond acceptors (Lipinski definition) is 1. The maximum atomic E-state index is 11.4. The van der Waals surface area contributed by atoms with Crippen molar-refractivity contribution in [3.8, 4) is 0 Å². The molecule has 2 heteroatoms. The van der Waals surface area contributed by atoms with Crippen LogP contribution in [0.3, 0.4) is 0 Å². The van der Waals surface area contributed by atoms with Crippen LogP contribution in [0, 0.1) is 13.8 Å². The normalized spacial score (nSPS) is 9.83. The van der Waals surface area contributed by atoms with Gasteiger partial charge in [0.15, 0.2) is 0 Å². The Morgan fingerprint density at radius 3 is 0.966 bits per heavy atom. The predicted octanol–water partition coefficient (Wildman–Crippen LogP) is 6.83. The molecule has 150 valence electrons. The molecule has 3 rings (SSSR count). The van der Waals surface area contributed by atoms with Gasteiger partial charge in [-0.3, -0.25) is 0 Å². The van der Waals surface area contributed by atoms with Gasteiger partial charge in [0.05, 0.1) is 0 Å². The molecule has 0 fully saturated rings. The zero-order valence-corrected chi connectivity index (χ0v) is 19.5. The first-order valence-corrected chi connectivity index (χ1v) is 10.1. The molecule has 0 heterocycles. The third kappa shape index (κ3) is 8.73. The van der Waals surface area contributed by atoms with E-state index in [4.69, 9.17) is 0 Å². The van der Waals surface area contributed by atoms with Crippen molar-refractivity contribution in [2.75, 3.05) is 0 Å². The van der Waals surface area contributed by atoms with Crippen LogP contribution in [-0.2, 0) is 5.60 Å². The van der Waals surface area contributed by atoms with E-state index < -0.39 is 5.60 Å². The molecule has 0 aromatic heterocycles. The van der Waals surface area contributed by atoms with E-state index in [0.29, 0.717) is 0 Å². The summed E-state index contributed by atoms with van der Waals surface area (Å²) >= 11 is 0. The summed E-state index contributed by atoms with van der Waals surface area (Å²) in [6, 6.07) is 29.3. The largest absolute Gasteiger partial charge is 2.00 e. The number of aliphatic hydroxyl groups is 1. The monoisotopic (exact) mass is 398 g/mol. The molecule has 0 saturated carbocycles. The quantitative estimate of drug-likeness (QED) is 0.283. The first-order valence-electron chi connectivity index (χ1n) is 10.1. The van der Waals surface area contributed by atoms with Gasteiger partial charge in [-0.1, -0.05) is 118 Å². The van der Waals surface area contributed by atoms with E-state index in [2.05, 4.69) is 27.7 Å². The van der Waals surface area contributed by atoms with Gasteiger partial charge in [-0.25, -0.2) is 0 Å². The van der Waals surface area contributed by atoms with Crippen molar-refractivity contribution in [3.05, 3.63) is 122 Å². The molecule has 0 aliphatic rings. The van der Waals surface area contributed by atoms with E-state index in [9.17, 15) is 5.11 Å². The van der Waals surface area contributed by atoms with Gasteiger partial charge < -0.3 is 19.0 Å². The third-order valence-corrected chi connectivity index (χ3v) is 4.28. The first-order chi connectivity index (χ1) is 13.6. The van der Waals surface area contributed by atoms with Crippen LogP contribution in [0.2, 0.25) is 0 Å². The van der Waals surface area contributed by atoms with E-state index in [1.807, 2.05) is 91.0 Å². The predicted molar refractivity (Wildman–Crippen MR) is 128 cm³/mol. The Balaban J connectivity index is 0.000000752. The van der Waals surface area contributed by atoms with E-state index >= 15 is 0 Å². The van der Waals surface area contributed by atoms with Gasteiger partial charge >= 0.3 is 23.1 Å². The minimum absolute atomic E-state index is 0. The van der Waals surface area contributed by atoms with Gasteiger partial charge in [0, 0.05) is 0 Å². The first kappa shape index (κ1) is 27.4. The molecule has 0 spiro atoms. The van der Waals surface area contributed by atoms with Gasteiger partial charge in [-0.2, -0.15) is 12.8 Å². The minimum atomic E-state index is -1.12. The van der Waals surface area contributed by atoms with Crippen molar-refractivity contribution < 1.29 is 5.11 Å². The SMILES string of the molecule is OC(c1ccccc1)(c1ccccc1)c1ccccc1.[CH2-]CCC.[CH2-]CCC.[Mg+2]. The molecule has 0 saturated heterocycles. The van der Waals surface area contributed by atoms with Gasteiger partial charge in [0.2, 0.25) is 0 Å². The summed E-state index contributed by atoms with van der Waals surface area (Å²) in [5.41, 5.74) is 1.50. The van der Waals surface area contributed by atoms with Crippen molar-refractivity contribution in [1.29, 1.82) is 0 Å². The van der Waals surface area contributed by atoms with Crippen LogP contribution in [0.1, 0.15) is 56.2 Å². The Labute approximate surface area is 194 Å². The molecule has 1 nitrogen and oxygen atoms in total. The van der Waals surface area contributed by atoms with Crippen molar-refractivity contribution in [2.24, 2.45) is 0 Å². The van der Waals surface area contributed by atoms with Crippen LogP contribution in [-0.4, -0.2) is 28.2 Å². The van der Waals surface area contributed by atoms with Gasteiger partial charge in [0.25, 0.3) is 0 Å². The van der Waals surface area contributed by atoms with E-state index in [1.165, 1.54) is 12.8 Å². The number of hydrogen-bond donors (Lipinski definition) is 1. The molecule has 0 unspecified atom stereocenters.